The molecule has 1 aromatic rings. The van der Waals surface area contributed by atoms with E-state index in [2.05, 4.69) is 12.2 Å². The molecule has 0 aliphatic carbocycles. The minimum atomic E-state index is -0.397. The van der Waals surface area contributed by atoms with Gasteiger partial charge < -0.3 is 15.0 Å². The zero-order valence-corrected chi connectivity index (χ0v) is 12.9. The van der Waals surface area contributed by atoms with Crippen LogP contribution in [0.2, 0.25) is 0 Å². The van der Waals surface area contributed by atoms with Gasteiger partial charge in [-0.3, -0.25) is 4.79 Å². The number of carbonyl (C=O) groups is 1. The molecule has 116 valence electrons. The molecule has 0 aromatic heterocycles. The summed E-state index contributed by atoms with van der Waals surface area (Å²) in [5.74, 6) is 0.267. The molecule has 0 spiro atoms. The monoisotopic (exact) mass is 294 g/mol. The van der Waals surface area contributed by atoms with Crippen LogP contribution >= 0.6 is 0 Å². The Bertz CT molecular complexity index is 507. The number of nitrogens with one attached hydrogen (secondary N) is 1. The zero-order chi connectivity index (χ0) is 15.4. The van der Waals surface area contributed by atoms with E-state index in [0.717, 1.165) is 18.5 Å². The molecule has 2 unspecified atom stereocenters. The first-order valence-electron chi connectivity index (χ1n) is 7.41. The molecule has 4 nitrogen and oxygen atoms in total. The van der Waals surface area contributed by atoms with E-state index < -0.39 is 5.82 Å². The van der Waals surface area contributed by atoms with Gasteiger partial charge in [0.2, 0.25) is 5.91 Å². The van der Waals surface area contributed by atoms with E-state index >= 15 is 0 Å². The van der Waals surface area contributed by atoms with Crippen molar-refractivity contribution in [2.45, 2.75) is 32.9 Å². The van der Waals surface area contributed by atoms with Crippen LogP contribution < -0.4 is 10.1 Å². The molecule has 1 saturated heterocycles. The van der Waals surface area contributed by atoms with Gasteiger partial charge in [0.25, 0.3) is 0 Å². The normalized spacial score (nSPS) is 21.3. The molecule has 1 heterocycles. The van der Waals surface area contributed by atoms with Crippen LogP contribution in [0.3, 0.4) is 0 Å². The van der Waals surface area contributed by atoms with E-state index in [0.29, 0.717) is 19.0 Å². The number of carbonyl (C=O) groups excluding carboxylic acids is 1. The summed E-state index contributed by atoms with van der Waals surface area (Å²) in [5.41, 5.74) is 0.772. The van der Waals surface area contributed by atoms with Crippen molar-refractivity contribution in [2.24, 2.45) is 5.92 Å². The first kappa shape index (κ1) is 15.8. The number of rotatable bonds is 5. The third kappa shape index (κ3) is 3.53. The highest BCUT2D eigenvalue weighted by molar-refractivity contribution is 5.82. The third-order valence-corrected chi connectivity index (χ3v) is 4.08. The van der Waals surface area contributed by atoms with Crippen molar-refractivity contribution in [2.75, 3.05) is 20.2 Å². The first-order chi connectivity index (χ1) is 10.1. The summed E-state index contributed by atoms with van der Waals surface area (Å²) < 4.78 is 18.6. The SMILES string of the molecule is CCN(Cc1ccc(OC)c(F)c1)C(=O)C1NCCC1C. The number of amides is 1. The fourth-order valence-corrected chi connectivity index (χ4v) is 2.74. The van der Waals surface area contributed by atoms with Crippen LogP contribution in [-0.4, -0.2) is 37.0 Å². The summed E-state index contributed by atoms with van der Waals surface area (Å²) in [4.78, 5) is 14.3. The lowest BCUT2D eigenvalue weighted by Crippen LogP contribution is -2.45. The largest absolute Gasteiger partial charge is 0.494 e. The second kappa shape index (κ2) is 6.89. The van der Waals surface area contributed by atoms with Crippen molar-refractivity contribution in [1.29, 1.82) is 0 Å². The van der Waals surface area contributed by atoms with Gasteiger partial charge in [0.15, 0.2) is 11.6 Å². The molecule has 21 heavy (non-hydrogen) atoms. The number of hydrogen-bond acceptors (Lipinski definition) is 3. The van der Waals surface area contributed by atoms with E-state index in [1.54, 1.807) is 17.0 Å². The topological polar surface area (TPSA) is 41.6 Å². The Kier molecular flexibility index (Phi) is 5.17. The van der Waals surface area contributed by atoms with Crippen LogP contribution in [0, 0.1) is 11.7 Å². The number of hydrogen-bond donors (Lipinski definition) is 1. The molecular weight excluding hydrogens is 271 g/mol. The Morgan fingerprint density at radius 2 is 2.29 bits per heavy atom. The van der Waals surface area contributed by atoms with E-state index in [1.807, 2.05) is 6.92 Å². The van der Waals surface area contributed by atoms with Crippen LogP contribution in [0.15, 0.2) is 18.2 Å². The summed E-state index contributed by atoms with van der Waals surface area (Å²) in [6.07, 6.45) is 1.02. The van der Waals surface area contributed by atoms with Gasteiger partial charge in [0.1, 0.15) is 0 Å². The molecule has 1 aromatic carbocycles. The van der Waals surface area contributed by atoms with E-state index in [-0.39, 0.29) is 17.7 Å². The minimum absolute atomic E-state index is 0.0960. The van der Waals surface area contributed by atoms with E-state index in [1.165, 1.54) is 13.2 Å². The van der Waals surface area contributed by atoms with Gasteiger partial charge in [-0.15, -0.1) is 0 Å². The maximum atomic E-state index is 13.7. The molecule has 1 amide bonds. The maximum absolute atomic E-state index is 13.7. The Balaban J connectivity index is 2.08. The first-order valence-corrected chi connectivity index (χ1v) is 7.41. The number of ether oxygens (including phenoxy) is 1. The van der Waals surface area contributed by atoms with Crippen molar-refractivity contribution in [3.63, 3.8) is 0 Å². The summed E-state index contributed by atoms with van der Waals surface area (Å²) in [5, 5.41) is 3.25. The summed E-state index contributed by atoms with van der Waals surface area (Å²) in [6, 6.07) is 4.70. The van der Waals surface area contributed by atoms with Crippen molar-refractivity contribution >= 4 is 5.91 Å². The molecule has 0 radical (unpaired) electrons. The van der Waals surface area contributed by atoms with E-state index in [4.69, 9.17) is 4.74 Å². The van der Waals surface area contributed by atoms with Crippen molar-refractivity contribution in [3.05, 3.63) is 29.6 Å². The predicted molar refractivity (Wildman–Crippen MR) is 79.6 cm³/mol. The number of nitrogens with zero attached hydrogens (tertiary/aromatic N) is 1. The quantitative estimate of drug-likeness (QED) is 0.905. The number of methoxy groups -OCH3 is 1. The third-order valence-electron chi connectivity index (χ3n) is 4.08. The Morgan fingerprint density at radius 1 is 1.52 bits per heavy atom. The van der Waals surface area contributed by atoms with Crippen LogP contribution in [0.5, 0.6) is 5.75 Å². The Morgan fingerprint density at radius 3 is 2.81 bits per heavy atom. The standard InChI is InChI=1S/C16H23FN2O2/c1-4-19(16(20)15-11(2)7-8-18-15)10-12-5-6-14(21-3)13(17)9-12/h5-6,9,11,15,18H,4,7-8,10H2,1-3H3. The molecule has 5 heteroatoms. The lowest BCUT2D eigenvalue weighted by molar-refractivity contribution is -0.134. The van der Waals surface area contributed by atoms with Crippen LogP contribution in [-0.2, 0) is 11.3 Å². The number of halogens is 1. The molecule has 1 aliphatic rings. The molecule has 0 saturated carbocycles. The summed E-state index contributed by atoms with van der Waals surface area (Å²) in [7, 11) is 1.44. The number of benzene rings is 1. The Hall–Kier alpha value is -1.62. The molecule has 1 N–H and O–H groups in total. The van der Waals surface area contributed by atoms with Gasteiger partial charge in [0, 0.05) is 13.1 Å². The molecule has 2 atom stereocenters. The lowest BCUT2D eigenvalue weighted by Gasteiger charge is -2.26. The second-order valence-electron chi connectivity index (χ2n) is 5.52. The van der Waals surface area contributed by atoms with Crippen molar-refractivity contribution in [3.8, 4) is 5.75 Å². The average Bonchev–Trinajstić information content (AvgIpc) is 2.90. The smallest absolute Gasteiger partial charge is 0.240 e. The van der Waals surface area contributed by atoms with Gasteiger partial charge in [-0.2, -0.15) is 0 Å². The highest BCUT2D eigenvalue weighted by atomic mass is 19.1. The van der Waals surface area contributed by atoms with Crippen LogP contribution in [0.25, 0.3) is 0 Å². The van der Waals surface area contributed by atoms with E-state index in [9.17, 15) is 9.18 Å². The maximum Gasteiger partial charge on any atom is 0.240 e. The fraction of sp³-hybridized carbons (Fsp3) is 0.562. The van der Waals surface area contributed by atoms with Gasteiger partial charge in [-0.05, 0) is 43.5 Å². The molecular formula is C16H23FN2O2. The van der Waals surface area contributed by atoms with Gasteiger partial charge in [0.05, 0.1) is 13.2 Å². The van der Waals surface area contributed by atoms with Crippen LogP contribution in [0.1, 0.15) is 25.8 Å². The summed E-state index contributed by atoms with van der Waals surface area (Å²) in [6.45, 7) is 5.94. The zero-order valence-electron chi connectivity index (χ0n) is 12.9. The van der Waals surface area contributed by atoms with Crippen molar-refractivity contribution in [1.82, 2.24) is 10.2 Å². The molecule has 0 bridgehead atoms. The predicted octanol–water partition coefficient (Wildman–Crippen LogP) is 2.18. The highest BCUT2D eigenvalue weighted by Crippen LogP contribution is 2.21. The van der Waals surface area contributed by atoms with Gasteiger partial charge >= 0.3 is 0 Å². The average molecular weight is 294 g/mol. The molecule has 1 fully saturated rings. The lowest BCUT2D eigenvalue weighted by atomic mass is 10.0. The minimum Gasteiger partial charge on any atom is -0.494 e. The fourth-order valence-electron chi connectivity index (χ4n) is 2.74. The van der Waals surface area contributed by atoms with Crippen LogP contribution in [0.4, 0.5) is 4.39 Å². The summed E-state index contributed by atoms with van der Waals surface area (Å²) >= 11 is 0. The molecule has 2 rings (SSSR count). The molecule has 1 aliphatic heterocycles. The van der Waals surface area contributed by atoms with Crippen molar-refractivity contribution < 1.29 is 13.9 Å². The number of likely N-dealkylation sites (N-methyl/N-ethyl adjacent to an activating group) is 1. The Labute approximate surface area is 125 Å². The van der Waals surface area contributed by atoms with Gasteiger partial charge in [-0.1, -0.05) is 13.0 Å². The highest BCUT2D eigenvalue weighted by Gasteiger charge is 2.32. The second-order valence-corrected chi connectivity index (χ2v) is 5.52. The van der Waals surface area contributed by atoms with Gasteiger partial charge in [-0.25, -0.2) is 4.39 Å².